The van der Waals surface area contributed by atoms with Gasteiger partial charge in [0.15, 0.2) is 5.78 Å². The number of likely N-dealkylation sites (tertiary alicyclic amines) is 1. The molecular weight excluding hydrogens is 240 g/mol. The van der Waals surface area contributed by atoms with Gasteiger partial charge < -0.3 is 10.2 Å². The van der Waals surface area contributed by atoms with Crippen molar-refractivity contribution in [3.63, 3.8) is 0 Å². The minimum Gasteiger partial charge on any atom is -0.331 e. The Labute approximate surface area is 114 Å². The van der Waals surface area contributed by atoms with Crippen LogP contribution in [0.2, 0.25) is 0 Å². The third kappa shape index (κ3) is 2.42. The Morgan fingerprint density at radius 2 is 1.89 bits per heavy atom. The first-order valence-electron chi connectivity index (χ1n) is 7.74. The van der Waals surface area contributed by atoms with E-state index in [0.717, 1.165) is 25.8 Å². The molecule has 0 aromatic rings. The summed E-state index contributed by atoms with van der Waals surface area (Å²) >= 11 is 0. The zero-order valence-corrected chi connectivity index (χ0v) is 11.7. The second-order valence-electron chi connectivity index (χ2n) is 6.41. The summed E-state index contributed by atoms with van der Waals surface area (Å²) in [5.41, 5.74) is 0. The zero-order chi connectivity index (χ0) is 13.4. The lowest BCUT2D eigenvalue weighted by Gasteiger charge is -2.26. The van der Waals surface area contributed by atoms with Crippen LogP contribution in [-0.4, -0.2) is 41.3 Å². The Morgan fingerprint density at radius 3 is 2.63 bits per heavy atom. The predicted octanol–water partition coefficient (Wildman–Crippen LogP) is 1.49. The number of nitrogens with zero attached hydrogens (tertiary/aromatic N) is 1. The van der Waals surface area contributed by atoms with Gasteiger partial charge in [-0.25, -0.2) is 0 Å². The van der Waals surface area contributed by atoms with Gasteiger partial charge in [0.2, 0.25) is 5.91 Å². The minimum atomic E-state index is -0.156. The van der Waals surface area contributed by atoms with Gasteiger partial charge in [-0.15, -0.1) is 0 Å². The first-order chi connectivity index (χ1) is 9.16. The van der Waals surface area contributed by atoms with Gasteiger partial charge in [-0.1, -0.05) is 12.8 Å². The Hall–Kier alpha value is -0.900. The number of hydrogen-bond acceptors (Lipinski definition) is 3. The number of fused-ring (bicyclic) bond motifs is 1. The minimum absolute atomic E-state index is 0.0342. The fraction of sp³-hybridized carbons (Fsp3) is 0.867. The van der Waals surface area contributed by atoms with Crippen molar-refractivity contribution in [2.75, 3.05) is 6.54 Å². The van der Waals surface area contributed by atoms with E-state index in [-0.39, 0.29) is 23.8 Å². The molecule has 2 saturated heterocycles. The molecular formula is C15H24N2O2. The van der Waals surface area contributed by atoms with Gasteiger partial charge in [0.1, 0.15) is 0 Å². The van der Waals surface area contributed by atoms with Gasteiger partial charge in [-0.2, -0.15) is 0 Å². The third-order valence-corrected chi connectivity index (χ3v) is 5.17. The van der Waals surface area contributed by atoms with E-state index in [9.17, 15) is 9.59 Å². The Kier molecular flexibility index (Phi) is 3.61. The standard InChI is InChI=1S/C15H24N2O2/c1-10(18)14-7-4-8-17(14)15(19)13-9-11-5-2-3-6-12(11)16-13/h11-14,16H,2-9H2,1H3/t11-,12-,13-,14-/m0/s1. The lowest BCUT2D eigenvalue weighted by Crippen LogP contribution is -2.49. The van der Waals surface area contributed by atoms with Crippen molar-refractivity contribution in [2.24, 2.45) is 5.92 Å². The molecule has 106 valence electrons. The number of carbonyl (C=O) groups is 2. The third-order valence-electron chi connectivity index (χ3n) is 5.17. The fourth-order valence-electron chi connectivity index (χ4n) is 4.16. The van der Waals surface area contributed by atoms with Gasteiger partial charge in [-0.3, -0.25) is 9.59 Å². The maximum Gasteiger partial charge on any atom is 0.240 e. The van der Waals surface area contributed by atoms with E-state index >= 15 is 0 Å². The molecule has 0 spiro atoms. The normalized spacial score (nSPS) is 38.3. The number of carbonyl (C=O) groups excluding carboxylic acids is 2. The number of hydrogen-bond donors (Lipinski definition) is 1. The first-order valence-corrected chi connectivity index (χ1v) is 7.74. The van der Waals surface area contributed by atoms with Crippen molar-refractivity contribution in [2.45, 2.75) is 70.0 Å². The summed E-state index contributed by atoms with van der Waals surface area (Å²) in [6, 6.07) is 0.353. The number of nitrogens with one attached hydrogen (secondary N) is 1. The fourth-order valence-corrected chi connectivity index (χ4v) is 4.16. The molecule has 3 rings (SSSR count). The van der Waals surface area contributed by atoms with Crippen molar-refractivity contribution < 1.29 is 9.59 Å². The molecule has 1 aliphatic carbocycles. The zero-order valence-electron chi connectivity index (χ0n) is 11.7. The number of amides is 1. The molecule has 1 N–H and O–H groups in total. The van der Waals surface area contributed by atoms with Crippen molar-refractivity contribution in [3.8, 4) is 0 Å². The van der Waals surface area contributed by atoms with Crippen molar-refractivity contribution in [3.05, 3.63) is 0 Å². The predicted molar refractivity (Wildman–Crippen MR) is 72.7 cm³/mol. The van der Waals surface area contributed by atoms with Gasteiger partial charge >= 0.3 is 0 Å². The van der Waals surface area contributed by atoms with E-state index in [1.54, 1.807) is 6.92 Å². The van der Waals surface area contributed by atoms with Crippen LogP contribution in [0, 0.1) is 5.92 Å². The van der Waals surface area contributed by atoms with Crippen molar-refractivity contribution in [1.29, 1.82) is 0 Å². The van der Waals surface area contributed by atoms with Crippen LogP contribution in [0.15, 0.2) is 0 Å². The largest absolute Gasteiger partial charge is 0.331 e. The van der Waals surface area contributed by atoms with E-state index < -0.39 is 0 Å². The van der Waals surface area contributed by atoms with Crippen LogP contribution in [-0.2, 0) is 9.59 Å². The molecule has 3 aliphatic rings. The highest BCUT2D eigenvalue weighted by Gasteiger charge is 2.42. The summed E-state index contributed by atoms with van der Waals surface area (Å²) in [7, 11) is 0. The van der Waals surface area contributed by atoms with E-state index in [2.05, 4.69) is 5.32 Å². The van der Waals surface area contributed by atoms with Crippen molar-refractivity contribution in [1.82, 2.24) is 10.2 Å². The summed E-state index contributed by atoms with van der Waals surface area (Å²) in [6.45, 7) is 2.37. The number of Topliss-reactive ketones (excluding diaryl/α,β-unsaturated/α-hetero) is 1. The van der Waals surface area contributed by atoms with Crippen LogP contribution in [0.3, 0.4) is 0 Å². The quantitative estimate of drug-likeness (QED) is 0.822. The summed E-state index contributed by atoms with van der Waals surface area (Å²) in [6.07, 6.45) is 7.86. The van der Waals surface area contributed by atoms with E-state index in [4.69, 9.17) is 0 Å². The molecule has 1 amide bonds. The first kappa shape index (κ1) is 13.1. The second kappa shape index (κ2) is 5.23. The summed E-state index contributed by atoms with van der Waals surface area (Å²) in [4.78, 5) is 26.1. The number of ketones is 1. The van der Waals surface area contributed by atoms with Crippen LogP contribution < -0.4 is 5.32 Å². The maximum absolute atomic E-state index is 12.6. The molecule has 3 fully saturated rings. The smallest absolute Gasteiger partial charge is 0.240 e. The molecule has 4 nitrogen and oxygen atoms in total. The molecule has 1 saturated carbocycles. The van der Waals surface area contributed by atoms with Crippen LogP contribution >= 0.6 is 0 Å². The van der Waals surface area contributed by atoms with Gasteiger partial charge in [-0.05, 0) is 44.9 Å². The molecule has 0 aromatic carbocycles. The monoisotopic (exact) mass is 264 g/mol. The highest BCUT2D eigenvalue weighted by Crippen LogP contribution is 2.34. The second-order valence-corrected chi connectivity index (χ2v) is 6.41. The van der Waals surface area contributed by atoms with Gasteiger partial charge in [0, 0.05) is 12.6 Å². The van der Waals surface area contributed by atoms with Crippen molar-refractivity contribution >= 4 is 11.7 Å². The summed E-state index contributed by atoms with van der Waals surface area (Å²) < 4.78 is 0. The molecule has 0 aromatic heterocycles. The molecule has 0 unspecified atom stereocenters. The van der Waals surface area contributed by atoms with Crippen LogP contribution in [0.1, 0.15) is 51.9 Å². The SMILES string of the molecule is CC(=O)[C@@H]1CCCN1C(=O)[C@@H]1C[C@@H]2CCCC[C@@H]2N1. The maximum atomic E-state index is 12.6. The molecule has 2 aliphatic heterocycles. The Balaban J connectivity index is 1.66. The highest BCUT2D eigenvalue weighted by molar-refractivity contribution is 5.90. The summed E-state index contributed by atoms with van der Waals surface area (Å²) in [5.74, 6) is 0.995. The van der Waals surface area contributed by atoms with Gasteiger partial charge in [0.05, 0.1) is 12.1 Å². The molecule has 0 bridgehead atoms. The molecule has 0 radical (unpaired) electrons. The molecule has 19 heavy (non-hydrogen) atoms. The van der Waals surface area contributed by atoms with E-state index in [1.165, 1.54) is 25.7 Å². The molecule has 4 atom stereocenters. The summed E-state index contributed by atoms with van der Waals surface area (Å²) in [5, 5.41) is 3.53. The van der Waals surface area contributed by atoms with Gasteiger partial charge in [0.25, 0.3) is 0 Å². The highest BCUT2D eigenvalue weighted by atomic mass is 16.2. The Morgan fingerprint density at radius 1 is 1.11 bits per heavy atom. The lowest BCUT2D eigenvalue weighted by atomic mass is 9.85. The topological polar surface area (TPSA) is 49.4 Å². The van der Waals surface area contributed by atoms with Crippen LogP contribution in [0.5, 0.6) is 0 Å². The Bertz CT molecular complexity index is 368. The average molecular weight is 264 g/mol. The number of rotatable bonds is 2. The average Bonchev–Trinajstić information content (AvgIpc) is 3.04. The van der Waals surface area contributed by atoms with E-state index in [0.29, 0.717) is 12.0 Å². The van der Waals surface area contributed by atoms with Crippen LogP contribution in [0.4, 0.5) is 0 Å². The molecule has 2 heterocycles. The van der Waals surface area contributed by atoms with E-state index in [1.807, 2.05) is 4.90 Å². The van der Waals surface area contributed by atoms with Crippen LogP contribution in [0.25, 0.3) is 0 Å². The molecule has 4 heteroatoms. The lowest BCUT2D eigenvalue weighted by molar-refractivity contribution is -0.138.